The summed E-state index contributed by atoms with van der Waals surface area (Å²) in [4.78, 5) is 10.4. The van der Waals surface area contributed by atoms with Crippen LogP contribution in [0, 0.1) is 5.92 Å². The molecule has 0 bridgehead atoms. The summed E-state index contributed by atoms with van der Waals surface area (Å²) in [5, 5.41) is 8.57. The molecule has 0 spiro atoms. The topological polar surface area (TPSA) is 37.3 Å². The van der Waals surface area contributed by atoms with E-state index < -0.39 is 5.97 Å². The molecular weight excluding hydrogens is 332 g/mol. The number of unbranched alkanes of at least 4 members (excludes halogenated alkanes) is 15. The molecule has 0 aliphatic carbocycles. The van der Waals surface area contributed by atoms with Crippen molar-refractivity contribution in [2.75, 3.05) is 0 Å². The van der Waals surface area contributed by atoms with E-state index in [1.807, 2.05) is 0 Å². The number of carboxylic acid groups (broad SMARTS) is 1. The van der Waals surface area contributed by atoms with Crippen LogP contribution < -0.4 is 0 Å². The van der Waals surface area contributed by atoms with Crippen molar-refractivity contribution < 1.29 is 9.90 Å². The van der Waals surface area contributed by atoms with Gasteiger partial charge in [-0.3, -0.25) is 4.79 Å². The Kier molecular flexibility index (Phi) is 20.9. The molecule has 27 heavy (non-hydrogen) atoms. The van der Waals surface area contributed by atoms with Crippen LogP contribution in [0.4, 0.5) is 0 Å². The van der Waals surface area contributed by atoms with Gasteiger partial charge >= 0.3 is 5.97 Å². The Hall–Kier alpha value is -0.790. The molecule has 0 amide bonds. The van der Waals surface area contributed by atoms with Crippen LogP contribution in [0.15, 0.2) is 12.2 Å². The first-order valence-corrected chi connectivity index (χ1v) is 12.0. The smallest absolute Gasteiger partial charge is 0.303 e. The zero-order chi connectivity index (χ0) is 20.0. The van der Waals surface area contributed by atoms with Crippen molar-refractivity contribution in [1.82, 2.24) is 0 Å². The number of rotatable bonds is 21. The van der Waals surface area contributed by atoms with Crippen LogP contribution in [0.5, 0.6) is 0 Å². The minimum atomic E-state index is -0.664. The quantitative estimate of drug-likeness (QED) is 0.160. The van der Waals surface area contributed by atoms with Crippen LogP contribution >= 0.6 is 0 Å². The highest BCUT2D eigenvalue weighted by Gasteiger charge is 1.96. The van der Waals surface area contributed by atoms with Crippen LogP contribution in [0.1, 0.15) is 136 Å². The number of aliphatic carboxylic acids is 1. The van der Waals surface area contributed by atoms with E-state index in [0.29, 0.717) is 6.42 Å². The molecule has 0 atom stereocenters. The number of hydrogen-bond acceptors (Lipinski definition) is 1. The van der Waals surface area contributed by atoms with E-state index in [1.54, 1.807) is 0 Å². The third kappa shape index (κ3) is 25.2. The Bertz CT molecular complexity index is 333. The van der Waals surface area contributed by atoms with Gasteiger partial charge in [-0.05, 0) is 38.0 Å². The molecule has 0 aromatic rings. The number of carbonyl (C=O) groups is 1. The van der Waals surface area contributed by atoms with E-state index in [4.69, 9.17) is 5.11 Å². The van der Waals surface area contributed by atoms with Crippen molar-refractivity contribution in [3.63, 3.8) is 0 Å². The molecule has 0 aromatic heterocycles. The van der Waals surface area contributed by atoms with Gasteiger partial charge in [0.2, 0.25) is 0 Å². The molecule has 1 N–H and O–H groups in total. The minimum Gasteiger partial charge on any atom is -0.481 e. The maximum atomic E-state index is 10.4. The van der Waals surface area contributed by atoms with Crippen molar-refractivity contribution in [1.29, 1.82) is 0 Å². The standard InChI is InChI=1S/C25H48O2/c1-24(2)22-20-18-16-14-12-10-8-6-4-3-5-7-9-11-13-15-17-19-21-23-25(26)27/h9,11,24H,3-8,10,12-23H2,1-2H3,(H,26,27). The Labute approximate surface area is 170 Å². The highest BCUT2D eigenvalue weighted by molar-refractivity contribution is 5.66. The summed E-state index contributed by atoms with van der Waals surface area (Å²) in [7, 11) is 0. The molecule has 160 valence electrons. The van der Waals surface area contributed by atoms with Gasteiger partial charge in [0.15, 0.2) is 0 Å². The Morgan fingerprint density at radius 2 is 1.00 bits per heavy atom. The average molecular weight is 381 g/mol. The maximum absolute atomic E-state index is 10.4. The molecule has 0 fully saturated rings. The molecule has 0 saturated carbocycles. The van der Waals surface area contributed by atoms with Gasteiger partial charge in [0.05, 0.1) is 0 Å². The number of carboxylic acids is 1. The van der Waals surface area contributed by atoms with Gasteiger partial charge in [-0.25, -0.2) is 0 Å². The predicted molar refractivity (Wildman–Crippen MR) is 119 cm³/mol. The number of allylic oxidation sites excluding steroid dienone is 2. The van der Waals surface area contributed by atoms with Gasteiger partial charge in [-0.15, -0.1) is 0 Å². The zero-order valence-electron chi connectivity index (χ0n) is 18.5. The molecule has 0 aliphatic heterocycles. The monoisotopic (exact) mass is 380 g/mol. The molecule has 2 nitrogen and oxygen atoms in total. The maximum Gasteiger partial charge on any atom is 0.303 e. The lowest BCUT2D eigenvalue weighted by atomic mass is 10.0. The van der Waals surface area contributed by atoms with Crippen LogP contribution in [0.2, 0.25) is 0 Å². The third-order valence-electron chi connectivity index (χ3n) is 5.33. The minimum absolute atomic E-state index is 0.328. The highest BCUT2D eigenvalue weighted by Crippen LogP contribution is 2.14. The van der Waals surface area contributed by atoms with Crippen molar-refractivity contribution >= 4 is 5.97 Å². The van der Waals surface area contributed by atoms with Crippen molar-refractivity contribution in [2.45, 2.75) is 136 Å². The largest absolute Gasteiger partial charge is 0.481 e. The second-order valence-corrected chi connectivity index (χ2v) is 8.68. The van der Waals surface area contributed by atoms with Gasteiger partial charge in [0.1, 0.15) is 0 Å². The first kappa shape index (κ1) is 26.2. The van der Waals surface area contributed by atoms with E-state index in [9.17, 15) is 4.79 Å². The summed E-state index contributed by atoms with van der Waals surface area (Å²) in [6, 6.07) is 0. The van der Waals surface area contributed by atoms with Crippen LogP contribution in [-0.2, 0) is 4.79 Å². The zero-order valence-corrected chi connectivity index (χ0v) is 18.5. The van der Waals surface area contributed by atoms with Crippen LogP contribution in [0.25, 0.3) is 0 Å². The molecule has 0 heterocycles. The summed E-state index contributed by atoms with van der Waals surface area (Å²) in [5.41, 5.74) is 0. The highest BCUT2D eigenvalue weighted by atomic mass is 16.4. The normalized spacial score (nSPS) is 11.7. The van der Waals surface area contributed by atoms with Crippen molar-refractivity contribution in [3.8, 4) is 0 Å². The fourth-order valence-electron chi connectivity index (χ4n) is 3.53. The Morgan fingerprint density at radius 1 is 0.630 bits per heavy atom. The Balaban J connectivity index is 3.09. The van der Waals surface area contributed by atoms with Crippen molar-refractivity contribution in [3.05, 3.63) is 12.2 Å². The molecule has 0 aromatic carbocycles. The summed E-state index contributed by atoms with van der Waals surface area (Å²) in [5.74, 6) is 0.213. The molecule has 0 unspecified atom stereocenters. The van der Waals surface area contributed by atoms with Crippen LogP contribution in [0.3, 0.4) is 0 Å². The third-order valence-corrected chi connectivity index (χ3v) is 5.33. The van der Waals surface area contributed by atoms with Gasteiger partial charge in [-0.2, -0.15) is 0 Å². The lowest BCUT2D eigenvalue weighted by Crippen LogP contribution is -1.93. The van der Waals surface area contributed by atoms with Crippen LogP contribution in [-0.4, -0.2) is 11.1 Å². The SMILES string of the molecule is CC(C)CCCCCCCCCCCCCC=CCCCCCCC(=O)O. The lowest BCUT2D eigenvalue weighted by Gasteiger charge is -2.04. The molecular formula is C25H48O2. The van der Waals surface area contributed by atoms with E-state index in [2.05, 4.69) is 26.0 Å². The summed E-state index contributed by atoms with van der Waals surface area (Å²) >= 11 is 0. The number of hydrogen-bond donors (Lipinski definition) is 1. The van der Waals surface area contributed by atoms with Gasteiger partial charge in [0.25, 0.3) is 0 Å². The van der Waals surface area contributed by atoms with Gasteiger partial charge < -0.3 is 5.11 Å². The fourth-order valence-corrected chi connectivity index (χ4v) is 3.53. The molecule has 0 rings (SSSR count). The van der Waals surface area contributed by atoms with Gasteiger partial charge in [-0.1, -0.05) is 109 Å². The van der Waals surface area contributed by atoms with Gasteiger partial charge in [0, 0.05) is 6.42 Å². The Morgan fingerprint density at radius 3 is 1.41 bits per heavy atom. The van der Waals surface area contributed by atoms with E-state index in [0.717, 1.165) is 31.6 Å². The first-order chi connectivity index (χ1) is 13.1. The lowest BCUT2D eigenvalue weighted by molar-refractivity contribution is -0.137. The summed E-state index contributed by atoms with van der Waals surface area (Å²) < 4.78 is 0. The molecule has 0 radical (unpaired) electrons. The summed E-state index contributed by atoms with van der Waals surface area (Å²) in [6.07, 6.45) is 28.7. The summed E-state index contributed by atoms with van der Waals surface area (Å²) in [6.45, 7) is 4.65. The van der Waals surface area contributed by atoms with E-state index >= 15 is 0 Å². The second kappa shape index (κ2) is 21.5. The second-order valence-electron chi connectivity index (χ2n) is 8.68. The fraction of sp³-hybridized carbons (Fsp3) is 0.880. The predicted octanol–water partition coefficient (Wildman–Crippen LogP) is 8.70. The van der Waals surface area contributed by atoms with Crippen molar-refractivity contribution in [2.24, 2.45) is 5.92 Å². The van der Waals surface area contributed by atoms with E-state index in [-0.39, 0.29) is 0 Å². The molecule has 0 saturated heterocycles. The molecule has 2 heteroatoms. The van der Waals surface area contributed by atoms with E-state index in [1.165, 1.54) is 89.9 Å². The first-order valence-electron chi connectivity index (χ1n) is 12.0. The average Bonchev–Trinajstić information content (AvgIpc) is 2.62. The molecule has 0 aliphatic rings.